The van der Waals surface area contributed by atoms with Gasteiger partial charge in [-0.1, -0.05) is 54.6 Å². The van der Waals surface area contributed by atoms with E-state index in [0.29, 0.717) is 6.54 Å². The summed E-state index contributed by atoms with van der Waals surface area (Å²) in [6, 6.07) is 18.3. The maximum atomic E-state index is 10.9. The maximum Gasteiger partial charge on any atom is 0.314 e. The van der Waals surface area contributed by atoms with Crippen molar-refractivity contribution in [2.24, 2.45) is 5.73 Å². The zero-order valence-electron chi connectivity index (χ0n) is 11.0. The Morgan fingerprint density at radius 2 is 1.58 bits per heavy atom. The van der Waals surface area contributed by atoms with Crippen LogP contribution in [0.1, 0.15) is 5.56 Å². The summed E-state index contributed by atoms with van der Waals surface area (Å²) in [5.74, 6) is 0. The van der Waals surface area contributed by atoms with Gasteiger partial charge in [-0.05, 0) is 23.1 Å². The molecule has 0 heterocycles. The van der Waals surface area contributed by atoms with Crippen LogP contribution in [-0.2, 0) is 6.42 Å². The third-order valence-electron chi connectivity index (χ3n) is 3.17. The zero-order chi connectivity index (χ0) is 13.7. The molecule has 98 valence electrons. The average molecular weight is 254 g/mol. The number of hydrogen-bond acceptors (Lipinski definition) is 1. The summed E-state index contributed by atoms with van der Waals surface area (Å²) in [7, 11) is 1.71. The lowest BCUT2D eigenvalue weighted by atomic mass is 10.0. The Hall–Kier alpha value is -2.29. The molecule has 0 atom stereocenters. The van der Waals surface area contributed by atoms with Crippen LogP contribution in [0.5, 0.6) is 0 Å². The summed E-state index contributed by atoms with van der Waals surface area (Å²) >= 11 is 0. The highest BCUT2D eigenvalue weighted by molar-refractivity contribution is 5.71. The van der Waals surface area contributed by atoms with Gasteiger partial charge >= 0.3 is 6.03 Å². The fourth-order valence-electron chi connectivity index (χ4n) is 1.90. The second-order valence-corrected chi connectivity index (χ2v) is 4.57. The average Bonchev–Trinajstić information content (AvgIpc) is 2.46. The van der Waals surface area contributed by atoms with Crippen LogP contribution in [0.2, 0.25) is 0 Å². The molecule has 3 nitrogen and oxygen atoms in total. The molecule has 2 amide bonds. The van der Waals surface area contributed by atoms with Gasteiger partial charge in [0.25, 0.3) is 0 Å². The molecule has 0 fully saturated rings. The normalized spacial score (nSPS) is 10.2. The van der Waals surface area contributed by atoms with Crippen molar-refractivity contribution in [1.82, 2.24) is 4.90 Å². The van der Waals surface area contributed by atoms with Gasteiger partial charge in [-0.25, -0.2) is 4.79 Å². The smallest absolute Gasteiger partial charge is 0.314 e. The van der Waals surface area contributed by atoms with E-state index in [1.165, 1.54) is 21.6 Å². The van der Waals surface area contributed by atoms with Crippen molar-refractivity contribution < 1.29 is 4.79 Å². The first kappa shape index (κ1) is 13.1. The summed E-state index contributed by atoms with van der Waals surface area (Å²) in [6.45, 7) is 0.639. The minimum absolute atomic E-state index is 0.388. The third kappa shape index (κ3) is 3.58. The summed E-state index contributed by atoms with van der Waals surface area (Å²) in [5.41, 5.74) is 8.80. The minimum Gasteiger partial charge on any atom is -0.351 e. The number of nitrogens with zero attached hydrogens (tertiary/aromatic N) is 1. The Morgan fingerprint density at radius 3 is 2.16 bits per heavy atom. The highest BCUT2D eigenvalue weighted by Gasteiger charge is 2.03. The van der Waals surface area contributed by atoms with Crippen molar-refractivity contribution in [2.45, 2.75) is 6.42 Å². The third-order valence-corrected chi connectivity index (χ3v) is 3.17. The van der Waals surface area contributed by atoms with Gasteiger partial charge in [0.15, 0.2) is 0 Å². The van der Waals surface area contributed by atoms with Gasteiger partial charge in [-0.3, -0.25) is 0 Å². The summed E-state index contributed by atoms with van der Waals surface area (Å²) in [6.07, 6.45) is 0.814. The van der Waals surface area contributed by atoms with E-state index >= 15 is 0 Å². The van der Waals surface area contributed by atoms with E-state index < -0.39 is 0 Å². The van der Waals surface area contributed by atoms with Gasteiger partial charge in [0.2, 0.25) is 0 Å². The number of primary amides is 1. The monoisotopic (exact) mass is 254 g/mol. The van der Waals surface area contributed by atoms with E-state index in [0.717, 1.165) is 6.42 Å². The van der Waals surface area contributed by atoms with Crippen LogP contribution in [0.25, 0.3) is 11.1 Å². The van der Waals surface area contributed by atoms with Gasteiger partial charge in [-0.15, -0.1) is 0 Å². The summed E-state index contributed by atoms with van der Waals surface area (Å²) in [5, 5.41) is 0. The van der Waals surface area contributed by atoms with E-state index in [9.17, 15) is 4.79 Å². The predicted molar refractivity (Wildman–Crippen MR) is 77.8 cm³/mol. The van der Waals surface area contributed by atoms with E-state index in [4.69, 9.17) is 5.73 Å². The van der Waals surface area contributed by atoms with Gasteiger partial charge < -0.3 is 10.6 Å². The van der Waals surface area contributed by atoms with E-state index in [1.807, 2.05) is 18.2 Å². The molecule has 2 aromatic rings. The van der Waals surface area contributed by atoms with Crippen LogP contribution in [0, 0.1) is 0 Å². The van der Waals surface area contributed by atoms with Crippen LogP contribution >= 0.6 is 0 Å². The first-order valence-corrected chi connectivity index (χ1v) is 6.32. The number of nitrogens with two attached hydrogens (primary N) is 1. The van der Waals surface area contributed by atoms with Crippen LogP contribution in [0.3, 0.4) is 0 Å². The van der Waals surface area contributed by atoms with E-state index in [1.54, 1.807) is 7.05 Å². The topological polar surface area (TPSA) is 46.3 Å². The SMILES string of the molecule is CN(CCc1ccc(-c2ccccc2)cc1)C(N)=O. The molecule has 0 unspecified atom stereocenters. The number of amides is 2. The highest BCUT2D eigenvalue weighted by Crippen LogP contribution is 2.19. The number of rotatable bonds is 4. The van der Waals surface area contributed by atoms with Crippen molar-refractivity contribution in [3.8, 4) is 11.1 Å². The molecule has 0 aromatic heterocycles. The van der Waals surface area contributed by atoms with Crippen molar-refractivity contribution in [2.75, 3.05) is 13.6 Å². The van der Waals surface area contributed by atoms with Crippen molar-refractivity contribution in [3.63, 3.8) is 0 Å². The zero-order valence-corrected chi connectivity index (χ0v) is 11.0. The standard InChI is InChI=1S/C16H18N2O/c1-18(16(17)19)12-11-13-7-9-15(10-8-13)14-5-3-2-4-6-14/h2-10H,11-12H2,1H3,(H2,17,19). The molecule has 19 heavy (non-hydrogen) atoms. The molecule has 0 spiro atoms. The molecule has 2 rings (SSSR count). The Bertz CT molecular complexity index is 534. The van der Waals surface area contributed by atoms with Crippen LogP contribution in [-0.4, -0.2) is 24.5 Å². The second-order valence-electron chi connectivity index (χ2n) is 4.57. The number of benzene rings is 2. The van der Waals surface area contributed by atoms with Crippen LogP contribution in [0.15, 0.2) is 54.6 Å². The number of likely N-dealkylation sites (N-methyl/N-ethyl adjacent to an activating group) is 1. The molecule has 2 aromatic carbocycles. The molecular formula is C16H18N2O. The summed E-state index contributed by atoms with van der Waals surface area (Å²) in [4.78, 5) is 12.4. The first-order chi connectivity index (χ1) is 9.16. The van der Waals surface area contributed by atoms with Gasteiger partial charge in [0, 0.05) is 13.6 Å². The molecule has 0 radical (unpaired) electrons. The first-order valence-electron chi connectivity index (χ1n) is 6.32. The molecule has 0 aliphatic heterocycles. The maximum absolute atomic E-state index is 10.9. The van der Waals surface area contributed by atoms with Gasteiger partial charge in [0.05, 0.1) is 0 Å². The lowest BCUT2D eigenvalue weighted by Gasteiger charge is -2.13. The Morgan fingerprint density at radius 1 is 1.00 bits per heavy atom. The fraction of sp³-hybridized carbons (Fsp3) is 0.188. The lowest BCUT2D eigenvalue weighted by molar-refractivity contribution is 0.219. The van der Waals surface area contributed by atoms with Gasteiger partial charge in [-0.2, -0.15) is 0 Å². The van der Waals surface area contributed by atoms with E-state index in [-0.39, 0.29) is 6.03 Å². The van der Waals surface area contributed by atoms with E-state index in [2.05, 4.69) is 36.4 Å². The molecular weight excluding hydrogens is 236 g/mol. The molecule has 0 saturated carbocycles. The lowest BCUT2D eigenvalue weighted by Crippen LogP contribution is -2.33. The predicted octanol–water partition coefficient (Wildman–Crippen LogP) is 2.91. The largest absolute Gasteiger partial charge is 0.351 e. The van der Waals surface area contributed by atoms with Crippen LogP contribution in [0.4, 0.5) is 4.79 Å². The second kappa shape index (κ2) is 6.05. The molecule has 3 heteroatoms. The molecule has 0 aliphatic rings. The van der Waals surface area contributed by atoms with Crippen molar-refractivity contribution >= 4 is 6.03 Å². The Kier molecular flexibility index (Phi) is 4.18. The molecule has 2 N–H and O–H groups in total. The molecule has 0 saturated heterocycles. The minimum atomic E-state index is -0.388. The Balaban J connectivity index is 2.01. The highest BCUT2D eigenvalue weighted by atomic mass is 16.2. The van der Waals surface area contributed by atoms with Crippen molar-refractivity contribution in [1.29, 1.82) is 0 Å². The molecule has 0 aliphatic carbocycles. The van der Waals surface area contributed by atoms with Gasteiger partial charge in [0.1, 0.15) is 0 Å². The number of urea groups is 1. The quantitative estimate of drug-likeness (QED) is 0.896. The van der Waals surface area contributed by atoms with Crippen LogP contribution < -0.4 is 5.73 Å². The summed E-state index contributed by atoms with van der Waals surface area (Å²) < 4.78 is 0. The number of hydrogen-bond donors (Lipinski definition) is 1. The Labute approximate surface area is 113 Å². The number of carbonyl (C=O) groups excluding carboxylic acids is 1. The molecule has 0 bridgehead atoms. The number of carbonyl (C=O) groups is 1. The fourth-order valence-corrected chi connectivity index (χ4v) is 1.90. The van der Waals surface area contributed by atoms with Crippen molar-refractivity contribution in [3.05, 3.63) is 60.2 Å².